The van der Waals surface area contributed by atoms with Gasteiger partial charge in [-0.1, -0.05) is 34.1 Å². The molecular formula is C17H31N3S. The summed E-state index contributed by atoms with van der Waals surface area (Å²) in [4.78, 5) is 8.88. The highest BCUT2D eigenvalue weighted by Gasteiger charge is 2.20. The van der Waals surface area contributed by atoms with Crippen LogP contribution in [0.5, 0.6) is 0 Å². The fourth-order valence-electron chi connectivity index (χ4n) is 2.98. The predicted octanol–water partition coefficient (Wildman–Crippen LogP) is 4.22. The molecule has 2 heterocycles. The van der Waals surface area contributed by atoms with Crippen LogP contribution in [0.4, 0.5) is 5.13 Å². The lowest BCUT2D eigenvalue weighted by Gasteiger charge is -2.19. The topological polar surface area (TPSA) is 28.2 Å². The maximum Gasteiger partial charge on any atom is 0.185 e. The van der Waals surface area contributed by atoms with E-state index in [-0.39, 0.29) is 0 Å². The summed E-state index contributed by atoms with van der Waals surface area (Å²) in [5.41, 5.74) is 1.29. The average molecular weight is 310 g/mol. The Kier molecular flexibility index (Phi) is 6.49. The summed E-state index contributed by atoms with van der Waals surface area (Å²) in [6.07, 6.45) is 6.41. The Morgan fingerprint density at radius 3 is 2.76 bits per heavy atom. The third-order valence-corrected chi connectivity index (χ3v) is 5.63. The van der Waals surface area contributed by atoms with Crippen molar-refractivity contribution in [3.05, 3.63) is 10.6 Å². The van der Waals surface area contributed by atoms with E-state index in [1.807, 2.05) is 11.3 Å². The molecule has 0 aliphatic carbocycles. The van der Waals surface area contributed by atoms with Crippen LogP contribution in [0.15, 0.2) is 0 Å². The minimum absolute atomic E-state index is 0.531. The number of anilines is 1. The first-order valence-corrected chi connectivity index (χ1v) is 9.42. The summed E-state index contributed by atoms with van der Waals surface area (Å²) >= 11 is 1.90. The van der Waals surface area contributed by atoms with Gasteiger partial charge in [-0.05, 0) is 31.6 Å². The lowest BCUT2D eigenvalue weighted by Crippen LogP contribution is -2.24. The van der Waals surface area contributed by atoms with Gasteiger partial charge in [0.2, 0.25) is 0 Å². The molecule has 1 N–H and O–H groups in total. The van der Waals surface area contributed by atoms with Crippen LogP contribution in [-0.4, -0.2) is 24.1 Å². The van der Waals surface area contributed by atoms with Gasteiger partial charge in [-0.3, -0.25) is 0 Å². The zero-order valence-electron chi connectivity index (χ0n) is 14.1. The van der Waals surface area contributed by atoms with Crippen molar-refractivity contribution in [3.8, 4) is 0 Å². The number of hydrogen-bond donors (Lipinski definition) is 1. The second-order valence-corrected chi connectivity index (χ2v) is 7.51. The highest BCUT2D eigenvalue weighted by molar-refractivity contribution is 7.15. The largest absolute Gasteiger partial charge is 0.348 e. The Morgan fingerprint density at radius 2 is 2.10 bits per heavy atom. The second-order valence-electron chi connectivity index (χ2n) is 6.45. The van der Waals surface area contributed by atoms with Gasteiger partial charge in [-0.25, -0.2) is 4.98 Å². The van der Waals surface area contributed by atoms with Gasteiger partial charge in [0.25, 0.3) is 0 Å². The van der Waals surface area contributed by atoms with Crippen molar-refractivity contribution in [3.63, 3.8) is 0 Å². The predicted molar refractivity (Wildman–Crippen MR) is 93.3 cm³/mol. The van der Waals surface area contributed by atoms with Crippen LogP contribution in [0.2, 0.25) is 0 Å². The summed E-state index contributed by atoms with van der Waals surface area (Å²) in [5.74, 6) is 0.919. The van der Waals surface area contributed by atoms with Gasteiger partial charge in [0.05, 0.1) is 5.69 Å². The van der Waals surface area contributed by atoms with Crippen LogP contribution in [0.25, 0.3) is 0 Å². The Bertz CT molecular complexity index is 428. The summed E-state index contributed by atoms with van der Waals surface area (Å²) in [5, 5.41) is 4.79. The third kappa shape index (κ3) is 4.68. The summed E-state index contributed by atoms with van der Waals surface area (Å²) < 4.78 is 0. The van der Waals surface area contributed by atoms with Crippen LogP contribution in [0.1, 0.15) is 63.9 Å². The molecule has 21 heavy (non-hydrogen) atoms. The van der Waals surface area contributed by atoms with Crippen molar-refractivity contribution in [2.45, 2.75) is 72.4 Å². The van der Waals surface area contributed by atoms with Crippen molar-refractivity contribution >= 4 is 16.5 Å². The Morgan fingerprint density at radius 1 is 1.29 bits per heavy atom. The molecule has 0 saturated carbocycles. The smallest absolute Gasteiger partial charge is 0.185 e. The van der Waals surface area contributed by atoms with E-state index in [2.05, 4.69) is 37.9 Å². The molecule has 1 aromatic heterocycles. The van der Waals surface area contributed by atoms with Gasteiger partial charge in [-0.15, -0.1) is 11.3 Å². The van der Waals surface area contributed by atoms with Crippen molar-refractivity contribution in [2.24, 2.45) is 5.92 Å². The lowest BCUT2D eigenvalue weighted by atomic mass is 9.98. The van der Waals surface area contributed by atoms with E-state index in [4.69, 9.17) is 4.98 Å². The van der Waals surface area contributed by atoms with E-state index < -0.39 is 0 Å². The molecule has 1 aromatic rings. The first-order valence-electron chi connectivity index (χ1n) is 8.60. The molecule has 0 spiro atoms. The second kappa shape index (κ2) is 8.14. The van der Waals surface area contributed by atoms with Crippen molar-refractivity contribution in [2.75, 3.05) is 18.0 Å². The Balaban J connectivity index is 2.05. The summed E-state index contributed by atoms with van der Waals surface area (Å²) in [7, 11) is 0. The summed E-state index contributed by atoms with van der Waals surface area (Å²) in [6, 6.07) is 0.531. The molecule has 1 atom stereocenters. The van der Waals surface area contributed by atoms with Crippen molar-refractivity contribution < 1.29 is 0 Å². The molecule has 1 fully saturated rings. The minimum Gasteiger partial charge on any atom is -0.348 e. The quantitative estimate of drug-likeness (QED) is 0.853. The standard InChI is InChI=1S/C17H31N3S/c1-5-14-8-7-10-20(11-9-14)17-19-15(6-2)16(21-17)12-18-13(3)4/h13-14,18H,5-12H2,1-4H3. The normalized spacial score (nSPS) is 20.0. The highest BCUT2D eigenvalue weighted by atomic mass is 32.1. The van der Waals surface area contributed by atoms with Gasteiger partial charge in [0.1, 0.15) is 0 Å². The fourth-order valence-corrected chi connectivity index (χ4v) is 4.13. The van der Waals surface area contributed by atoms with E-state index in [1.54, 1.807) is 0 Å². The van der Waals surface area contributed by atoms with Crippen molar-refractivity contribution in [1.82, 2.24) is 10.3 Å². The third-order valence-electron chi connectivity index (χ3n) is 4.47. The molecule has 4 heteroatoms. The van der Waals surface area contributed by atoms with Gasteiger partial charge in [0, 0.05) is 30.6 Å². The maximum atomic E-state index is 4.93. The number of aryl methyl sites for hydroxylation is 1. The number of rotatable bonds is 6. The molecule has 0 bridgehead atoms. The van der Waals surface area contributed by atoms with Crippen LogP contribution >= 0.6 is 11.3 Å². The molecule has 0 amide bonds. The molecule has 1 unspecified atom stereocenters. The van der Waals surface area contributed by atoms with E-state index in [0.717, 1.165) is 18.9 Å². The number of hydrogen-bond acceptors (Lipinski definition) is 4. The maximum absolute atomic E-state index is 4.93. The fraction of sp³-hybridized carbons (Fsp3) is 0.824. The zero-order valence-corrected chi connectivity index (χ0v) is 14.9. The lowest BCUT2D eigenvalue weighted by molar-refractivity contribution is 0.459. The number of aromatic nitrogens is 1. The molecule has 120 valence electrons. The van der Waals surface area contributed by atoms with Gasteiger partial charge < -0.3 is 10.2 Å². The molecule has 1 aliphatic rings. The van der Waals surface area contributed by atoms with E-state index in [9.17, 15) is 0 Å². The Hall–Kier alpha value is -0.610. The van der Waals surface area contributed by atoms with Gasteiger partial charge in [-0.2, -0.15) is 0 Å². The average Bonchev–Trinajstić information content (AvgIpc) is 2.73. The van der Waals surface area contributed by atoms with Crippen LogP contribution < -0.4 is 10.2 Å². The summed E-state index contributed by atoms with van der Waals surface area (Å²) in [6.45, 7) is 12.3. The van der Waals surface area contributed by atoms with E-state index >= 15 is 0 Å². The number of nitrogens with one attached hydrogen (secondary N) is 1. The van der Waals surface area contributed by atoms with E-state index in [0.29, 0.717) is 6.04 Å². The Labute approximate surface area is 134 Å². The SMILES string of the molecule is CCc1nc(N2CCCC(CC)CC2)sc1CNC(C)C. The monoisotopic (exact) mass is 309 g/mol. The van der Waals surface area contributed by atoms with E-state index in [1.165, 1.54) is 54.5 Å². The molecule has 2 rings (SSSR count). The molecular weight excluding hydrogens is 278 g/mol. The molecule has 1 aliphatic heterocycles. The molecule has 1 saturated heterocycles. The first-order chi connectivity index (χ1) is 10.1. The van der Waals surface area contributed by atoms with Gasteiger partial charge >= 0.3 is 0 Å². The number of thiazole rings is 1. The first kappa shape index (κ1) is 16.8. The van der Waals surface area contributed by atoms with Crippen LogP contribution in [0.3, 0.4) is 0 Å². The zero-order chi connectivity index (χ0) is 15.2. The van der Waals surface area contributed by atoms with Crippen LogP contribution in [-0.2, 0) is 13.0 Å². The number of nitrogens with zero attached hydrogens (tertiary/aromatic N) is 2. The molecule has 0 aromatic carbocycles. The minimum atomic E-state index is 0.531. The van der Waals surface area contributed by atoms with Crippen molar-refractivity contribution in [1.29, 1.82) is 0 Å². The molecule has 3 nitrogen and oxygen atoms in total. The highest BCUT2D eigenvalue weighted by Crippen LogP contribution is 2.30. The van der Waals surface area contributed by atoms with Gasteiger partial charge in [0.15, 0.2) is 5.13 Å². The van der Waals surface area contributed by atoms with Crippen LogP contribution in [0, 0.1) is 5.92 Å². The molecule has 0 radical (unpaired) electrons.